The van der Waals surface area contributed by atoms with Gasteiger partial charge in [-0.15, -0.1) is 0 Å². The van der Waals surface area contributed by atoms with Gasteiger partial charge in [0.1, 0.15) is 6.04 Å². The lowest BCUT2D eigenvalue weighted by molar-refractivity contribution is -0.139. The third-order valence-corrected chi connectivity index (χ3v) is 5.09. The van der Waals surface area contributed by atoms with Crippen molar-refractivity contribution in [2.24, 2.45) is 0 Å². The fourth-order valence-corrected chi connectivity index (χ4v) is 3.54. The molecule has 0 aliphatic heterocycles. The van der Waals surface area contributed by atoms with Gasteiger partial charge >= 0.3 is 5.97 Å². The van der Waals surface area contributed by atoms with E-state index in [9.17, 15) is 14.7 Å². The minimum Gasteiger partial charge on any atom is -0.480 e. The zero-order valence-electron chi connectivity index (χ0n) is 15.1. The minimum absolute atomic E-state index is 0.355. The first kappa shape index (κ1) is 19.0. The maximum Gasteiger partial charge on any atom is 0.326 e. The number of aromatic nitrogens is 1. The van der Waals surface area contributed by atoms with E-state index in [-0.39, 0.29) is 5.91 Å². The fraction of sp³-hybridized carbons (Fsp3) is 0.238. The van der Waals surface area contributed by atoms with Crippen molar-refractivity contribution in [1.29, 1.82) is 0 Å². The molecule has 0 bridgehead atoms. The van der Waals surface area contributed by atoms with Crippen molar-refractivity contribution in [3.63, 3.8) is 0 Å². The molecule has 0 fully saturated rings. The second-order valence-corrected chi connectivity index (χ2v) is 7.30. The van der Waals surface area contributed by atoms with Crippen LogP contribution in [0.15, 0.2) is 60.8 Å². The van der Waals surface area contributed by atoms with E-state index in [1.807, 2.05) is 65.4 Å². The van der Waals surface area contributed by atoms with Crippen molar-refractivity contribution < 1.29 is 14.7 Å². The van der Waals surface area contributed by atoms with E-state index >= 15 is 0 Å². The molecule has 1 atom stereocenters. The van der Waals surface area contributed by atoms with Crippen molar-refractivity contribution >= 4 is 34.5 Å². The number of rotatable bonds is 8. The number of carbonyl (C=O) groups is 2. The molecule has 0 aliphatic rings. The van der Waals surface area contributed by atoms with Gasteiger partial charge in [-0.05, 0) is 30.1 Å². The molecule has 27 heavy (non-hydrogen) atoms. The molecule has 0 spiro atoms. The predicted octanol–water partition coefficient (Wildman–Crippen LogP) is 3.63. The van der Waals surface area contributed by atoms with Gasteiger partial charge in [0, 0.05) is 23.6 Å². The fourth-order valence-electron chi connectivity index (χ4n) is 3.07. The van der Waals surface area contributed by atoms with E-state index in [0.717, 1.165) is 16.5 Å². The van der Waals surface area contributed by atoms with Crippen LogP contribution in [0.1, 0.15) is 22.3 Å². The molecule has 3 aromatic rings. The van der Waals surface area contributed by atoms with Gasteiger partial charge in [0.2, 0.25) is 0 Å². The topological polar surface area (TPSA) is 71.3 Å². The van der Waals surface area contributed by atoms with E-state index in [1.165, 1.54) is 0 Å². The molecule has 0 saturated heterocycles. The molecule has 0 aliphatic carbocycles. The Morgan fingerprint density at radius 1 is 1.11 bits per heavy atom. The number of aliphatic carboxylic acids is 1. The first-order valence-corrected chi connectivity index (χ1v) is 10.1. The molecule has 2 aromatic carbocycles. The number of nitrogens with one attached hydrogen (secondary N) is 1. The van der Waals surface area contributed by atoms with Gasteiger partial charge in [0.15, 0.2) is 0 Å². The normalized spacial score (nSPS) is 12.0. The lowest BCUT2D eigenvalue weighted by Crippen LogP contribution is -2.41. The quantitative estimate of drug-likeness (QED) is 0.624. The second-order valence-electron chi connectivity index (χ2n) is 6.32. The maximum atomic E-state index is 12.8. The molecular weight excluding hydrogens is 360 g/mol. The lowest BCUT2D eigenvalue weighted by Gasteiger charge is -2.13. The van der Waals surface area contributed by atoms with Crippen LogP contribution in [0, 0.1) is 0 Å². The Morgan fingerprint density at radius 3 is 2.52 bits per heavy atom. The van der Waals surface area contributed by atoms with Crippen molar-refractivity contribution in [2.75, 3.05) is 12.0 Å². The van der Waals surface area contributed by atoms with Crippen LogP contribution in [0.4, 0.5) is 0 Å². The maximum absolute atomic E-state index is 12.8. The highest BCUT2D eigenvalue weighted by atomic mass is 32.2. The number of para-hydroxylation sites is 1. The first-order valence-electron chi connectivity index (χ1n) is 8.74. The van der Waals surface area contributed by atoms with Crippen LogP contribution in [0.3, 0.4) is 0 Å². The highest BCUT2D eigenvalue weighted by Crippen LogP contribution is 2.22. The Bertz CT molecular complexity index is 937. The lowest BCUT2D eigenvalue weighted by atomic mass is 10.1. The van der Waals surface area contributed by atoms with E-state index in [2.05, 4.69) is 5.32 Å². The molecule has 3 rings (SSSR count). The summed E-state index contributed by atoms with van der Waals surface area (Å²) in [6, 6.07) is 16.8. The van der Waals surface area contributed by atoms with Crippen LogP contribution in [-0.4, -0.2) is 39.6 Å². The summed E-state index contributed by atoms with van der Waals surface area (Å²) in [6.45, 7) is 0.642. The van der Waals surface area contributed by atoms with Crippen LogP contribution in [0.5, 0.6) is 0 Å². The van der Waals surface area contributed by atoms with Gasteiger partial charge in [-0.25, -0.2) is 4.79 Å². The highest BCUT2D eigenvalue weighted by molar-refractivity contribution is 7.98. The molecule has 5 nitrogen and oxygen atoms in total. The van der Waals surface area contributed by atoms with E-state index in [0.29, 0.717) is 24.3 Å². The minimum atomic E-state index is -1.01. The predicted molar refractivity (Wildman–Crippen MR) is 109 cm³/mol. The van der Waals surface area contributed by atoms with Gasteiger partial charge in [-0.2, -0.15) is 11.8 Å². The van der Waals surface area contributed by atoms with Gasteiger partial charge in [-0.3, -0.25) is 4.79 Å². The smallest absolute Gasteiger partial charge is 0.326 e. The summed E-state index contributed by atoms with van der Waals surface area (Å²) < 4.78 is 2.03. The number of thioether (sulfide) groups is 1. The van der Waals surface area contributed by atoms with E-state index in [1.54, 1.807) is 18.0 Å². The number of carboxylic acids is 1. The number of carbonyl (C=O) groups excluding carboxylic acids is 1. The average molecular weight is 382 g/mol. The zero-order chi connectivity index (χ0) is 19.2. The first-order chi connectivity index (χ1) is 13.1. The molecule has 0 radical (unpaired) electrons. The molecule has 0 unspecified atom stereocenters. The summed E-state index contributed by atoms with van der Waals surface area (Å²) in [5.74, 6) is -0.690. The van der Waals surface area contributed by atoms with Gasteiger partial charge < -0.3 is 15.0 Å². The van der Waals surface area contributed by atoms with Gasteiger partial charge in [-0.1, -0.05) is 48.5 Å². The summed E-state index contributed by atoms with van der Waals surface area (Å²) in [7, 11) is 0. The molecule has 1 aromatic heterocycles. The monoisotopic (exact) mass is 382 g/mol. The standard InChI is InChI=1S/C21H22N2O3S/c1-27-12-11-18(21(25)26)22-20(24)17-14-23(13-15-7-3-2-4-8-15)19-10-6-5-9-16(17)19/h2-10,14,18H,11-13H2,1H3,(H,22,24)(H,25,26)/t18-/m1/s1. The Hall–Kier alpha value is -2.73. The van der Waals surface area contributed by atoms with Gasteiger partial charge in [0.05, 0.1) is 5.56 Å². The highest BCUT2D eigenvalue weighted by Gasteiger charge is 2.22. The number of hydrogen-bond acceptors (Lipinski definition) is 3. The Labute approximate surface area is 162 Å². The van der Waals surface area contributed by atoms with Gasteiger partial charge in [0.25, 0.3) is 5.91 Å². The molecule has 1 amide bonds. The van der Waals surface area contributed by atoms with Crippen molar-refractivity contribution in [3.8, 4) is 0 Å². The largest absolute Gasteiger partial charge is 0.480 e. The van der Waals surface area contributed by atoms with Crippen LogP contribution in [0.2, 0.25) is 0 Å². The molecule has 140 valence electrons. The number of carboxylic acid groups (broad SMARTS) is 1. The van der Waals surface area contributed by atoms with Crippen molar-refractivity contribution in [3.05, 3.63) is 71.9 Å². The number of fused-ring (bicyclic) bond motifs is 1. The van der Waals surface area contributed by atoms with Crippen LogP contribution >= 0.6 is 11.8 Å². The molecular formula is C21H22N2O3S. The molecule has 2 N–H and O–H groups in total. The van der Waals surface area contributed by atoms with Crippen LogP contribution in [0.25, 0.3) is 10.9 Å². The molecule has 6 heteroatoms. The zero-order valence-corrected chi connectivity index (χ0v) is 15.9. The number of benzene rings is 2. The third kappa shape index (κ3) is 4.52. The van der Waals surface area contributed by atoms with Crippen molar-refractivity contribution in [1.82, 2.24) is 9.88 Å². The number of hydrogen-bond donors (Lipinski definition) is 2. The summed E-state index contributed by atoms with van der Waals surface area (Å²) >= 11 is 1.56. The second kappa shape index (κ2) is 8.77. The number of amides is 1. The Balaban J connectivity index is 1.90. The van der Waals surface area contributed by atoms with E-state index < -0.39 is 12.0 Å². The van der Waals surface area contributed by atoms with Crippen LogP contribution < -0.4 is 5.32 Å². The SMILES string of the molecule is CSCC[C@@H](NC(=O)c1cn(Cc2ccccc2)c2ccccc12)C(=O)O. The van der Waals surface area contributed by atoms with E-state index in [4.69, 9.17) is 0 Å². The molecule has 0 saturated carbocycles. The average Bonchev–Trinajstić information content (AvgIpc) is 3.04. The summed E-state index contributed by atoms with van der Waals surface area (Å²) in [5, 5.41) is 12.9. The number of nitrogens with zero attached hydrogens (tertiary/aromatic N) is 1. The third-order valence-electron chi connectivity index (χ3n) is 4.44. The summed E-state index contributed by atoms with van der Waals surface area (Å²) in [5.41, 5.74) is 2.58. The van der Waals surface area contributed by atoms with Crippen LogP contribution in [-0.2, 0) is 11.3 Å². The summed E-state index contributed by atoms with van der Waals surface area (Å²) in [6.07, 6.45) is 4.11. The Morgan fingerprint density at radius 2 is 1.81 bits per heavy atom. The summed E-state index contributed by atoms with van der Waals surface area (Å²) in [4.78, 5) is 24.3. The molecule has 1 heterocycles. The van der Waals surface area contributed by atoms with Crippen molar-refractivity contribution in [2.45, 2.75) is 19.0 Å². The Kier molecular flexibility index (Phi) is 6.19.